The summed E-state index contributed by atoms with van der Waals surface area (Å²) in [5.74, 6) is 0.431. The highest BCUT2D eigenvalue weighted by atomic mass is 19.4. The lowest BCUT2D eigenvalue weighted by atomic mass is 9.90. The zero-order valence-electron chi connectivity index (χ0n) is 14.9. The molecule has 0 aliphatic carbocycles. The molecule has 1 fully saturated rings. The highest BCUT2D eigenvalue weighted by Crippen LogP contribution is 2.33. The summed E-state index contributed by atoms with van der Waals surface area (Å²) in [6, 6.07) is 8.94. The van der Waals surface area contributed by atoms with Gasteiger partial charge >= 0.3 is 6.18 Å². The Kier molecular flexibility index (Phi) is 5.68. The number of aryl methyl sites for hydroxylation is 1. The molecule has 3 rings (SSSR count). The molecule has 1 saturated heterocycles. The van der Waals surface area contributed by atoms with Crippen LogP contribution >= 0.6 is 0 Å². The van der Waals surface area contributed by atoms with Gasteiger partial charge in [0.1, 0.15) is 5.82 Å². The van der Waals surface area contributed by atoms with Crippen molar-refractivity contribution in [3.8, 4) is 0 Å². The number of piperidine rings is 1. The van der Waals surface area contributed by atoms with E-state index < -0.39 is 11.7 Å². The number of nitrogens with two attached hydrogens (primary N) is 1. The smallest absolute Gasteiger partial charge is 0.384 e. The largest absolute Gasteiger partial charge is 0.416 e. The van der Waals surface area contributed by atoms with Crippen LogP contribution in [-0.2, 0) is 12.6 Å². The van der Waals surface area contributed by atoms with Gasteiger partial charge in [-0.15, -0.1) is 0 Å². The van der Waals surface area contributed by atoms with Crippen molar-refractivity contribution in [1.82, 2.24) is 9.88 Å². The number of hydrogen-bond donors (Lipinski definition) is 1. The number of benzene rings is 1. The highest BCUT2D eigenvalue weighted by molar-refractivity contribution is 5.94. The predicted molar refractivity (Wildman–Crippen MR) is 97.0 cm³/mol. The lowest BCUT2D eigenvalue weighted by Gasteiger charge is -2.33. The van der Waals surface area contributed by atoms with E-state index in [9.17, 15) is 18.0 Å². The second kappa shape index (κ2) is 7.98. The number of pyridine rings is 1. The fourth-order valence-corrected chi connectivity index (χ4v) is 3.57. The van der Waals surface area contributed by atoms with E-state index in [4.69, 9.17) is 5.73 Å². The van der Waals surface area contributed by atoms with Crippen LogP contribution in [0.25, 0.3) is 0 Å². The fraction of sp³-hybridized carbons (Fsp3) is 0.400. The molecule has 2 heterocycles. The van der Waals surface area contributed by atoms with Crippen LogP contribution in [0.5, 0.6) is 0 Å². The fourth-order valence-electron chi connectivity index (χ4n) is 3.57. The first-order valence-corrected chi connectivity index (χ1v) is 9.00. The van der Waals surface area contributed by atoms with Gasteiger partial charge in [0.05, 0.1) is 11.1 Å². The first kappa shape index (κ1) is 19.2. The van der Waals surface area contributed by atoms with Crippen LogP contribution in [0, 0.1) is 5.92 Å². The van der Waals surface area contributed by atoms with Crippen molar-refractivity contribution in [3.63, 3.8) is 0 Å². The van der Waals surface area contributed by atoms with Crippen molar-refractivity contribution < 1.29 is 18.0 Å². The first-order valence-electron chi connectivity index (χ1n) is 9.00. The van der Waals surface area contributed by atoms with Crippen LogP contribution in [0.2, 0.25) is 0 Å². The van der Waals surface area contributed by atoms with Crippen LogP contribution in [0.3, 0.4) is 0 Å². The van der Waals surface area contributed by atoms with Gasteiger partial charge in [-0.05, 0) is 55.4 Å². The number of nitrogen functional groups attached to an aromatic ring is 1. The number of carbonyl (C=O) groups is 1. The van der Waals surface area contributed by atoms with Crippen LogP contribution in [0.4, 0.5) is 19.0 Å². The summed E-state index contributed by atoms with van der Waals surface area (Å²) in [6.45, 7) is 1.20. The molecule has 1 aromatic heterocycles. The van der Waals surface area contributed by atoms with E-state index in [1.807, 2.05) is 0 Å². The van der Waals surface area contributed by atoms with Crippen molar-refractivity contribution in [2.24, 2.45) is 5.92 Å². The van der Waals surface area contributed by atoms with Gasteiger partial charge in [0.2, 0.25) is 0 Å². The van der Waals surface area contributed by atoms with Crippen LogP contribution < -0.4 is 5.73 Å². The molecule has 2 N–H and O–H groups in total. The minimum absolute atomic E-state index is 0.108. The maximum absolute atomic E-state index is 13.1. The lowest BCUT2D eigenvalue weighted by Crippen LogP contribution is -2.40. The number of alkyl halides is 3. The number of carbonyl (C=O) groups excluding carboxylic acids is 1. The van der Waals surface area contributed by atoms with Gasteiger partial charge in [0, 0.05) is 19.3 Å². The summed E-state index contributed by atoms with van der Waals surface area (Å²) < 4.78 is 39.4. The lowest BCUT2D eigenvalue weighted by molar-refractivity contribution is -0.138. The number of nitrogens with zero attached hydrogens (tertiary/aromatic N) is 2. The SMILES string of the molecule is Nc1ccc(C(=O)N2CCC[C@H](CCc3ccccc3C(F)(F)F)C2)cn1. The number of halogens is 3. The molecule has 1 atom stereocenters. The van der Waals surface area contributed by atoms with Gasteiger partial charge in [0.25, 0.3) is 5.91 Å². The molecule has 2 aromatic rings. The van der Waals surface area contributed by atoms with E-state index in [0.717, 1.165) is 18.9 Å². The number of rotatable bonds is 4. The Hall–Kier alpha value is -2.57. The van der Waals surface area contributed by atoms with Crippen LogP contribution in [-0.4, -0.2) is 28.9 Å². The Bertz CT molecular complexity index is 790. The average Bonchev–Trinajstić information content (AvgIpc) is 2.66. The van der Waals surface area contributed by atoms with Gasteiger partial charge in [-0.25, -0.2) is 4.98 Å². The maximum Gasteiger partial charge on any atom is 0.416 e. The van der Waals surface area contributed by atoms with Gasteiger partial charge in [-0.3, -0.25) is 4.79 Å². The Morgan fingerprint density at radius 3 is 2.70 bits per heavy atom. The number of anilines is 1. The van der Waals surface area contributed by atoms with Crippen molar-refractivity contribution >= 4 is 11.7 Å². The Morgan fingerprint density at radius 2 is 2.00 bits per heavy atom. The molecule has 1 aromatic carbocycles. The van der Waals surface area contributed by atoms with Crippen molar-refractivity contribution in [2.45, 2.75) is 31.9 Å². The molecule has 7 heteroatoms. The number of aromatic nitrogens is 1. The zero-order chi connectivity index (χ0) is 19.4. The monoisotopic (exact) mass is 377 g/mol. The van der Waals surface area contributed by atoms with E-state index in [1.165, 1.54) is 18.3 Å². The van der Waals surface area contributed by atoms with E-state index in [1.54, 1.807) is 23.1 Å². The van der Waals surface area contributed by atoms with Crippen molar-refractivity contribution in [3.05, 3.63) is 59.3 Å². The van der Waals surface area contributed by atoms with Crippen LogP contribution in [0.1, 0.15) is 40.7 Å². The minimum atomic E-state index is -4.34. The van der Waals surface area contributed by atoms with E-state index >= 15 is 0 Å². The molecule has 1 aliphatic heterocycles. The predicted octanol–water partition coefficient (Wildman–Crippen LogP) is 4.17. The Labute approximate surface area is 156 Å². The summed E-state index contributed by atoms with van der Waals surface area (Å²) in [4.78, 5) is 18.3. The summed E-state index contributed by atoms with van der Waals surface area (Å²) in [6.07, 6.45) is -0.144. The van der Waals surface area contributed by atoms with Crippen molar-refractivity contribution in [2.75, 3.05) is 18.8 Å². The topological polar surface area (TPSA) is 59.2 Å². The van der Waals surface area contributed by atoms with Crippen molar-refractivity contribution in [1.29, 1.82) is 0 Å². The van der Waals surface area contributed by atoms with Crippen LogP contribution in [0.15, 0.2) is 42.6 Å². The normalized spacial score (nSPS) is 17.7. The third-order valence-corrected chi connectivity index (χ3v) is 4.98. The molecule has 0 saturated carbocycles. The quantitative estimate of drug-likeness (QED) is 0.870. The summed E-state index contributed by atoms with van der Waals surface area (Å²) in [5, 5.41) is 0. The first-order chi connectivity index (χ1) is 12.8. The molecule has 0 radical (unpaired) electrons. The molecule has 4 nitrogen and oxygen atoms in total. The summed E-state index contributed by atoms with van der Waals surface area (Å²) >= 11 is 0. The molecule has 0 unspecified atom stereocenters. The molecule has 1 amide bonds. The van der Waals surface area contributed by atoms with Gasteiger partial charge in [-0.1, -0.05) is 18.2 Å². The average molecular weight is 377 g/mol. The minimum Gasteiger partial charge on any atom is -0.384 e. The number of likely N-dealkylation sites (tertiary alicyclic amines) is 1. The van der Waals surface area contributed by atoms with Gasteiger partial charge in [0.15, 0.2) is 0 Å². The van der Waals surface area contributed by atoms with E-state index in [2.05, 4.69) is 4.98 Å². The molecular weight excluding hydrogens is 355 g/mol. The zero-order valence-corrected chi connectivity index (χ0v) is 14.9. The maximum atomic E-state index is 13.1. The molecule has 0 bridgehead atoms. The van der Waals surface area contributed by atoms with Gasteiger partial charge < -0.3 is 10.6 Å². The second-order valence-corrected chi connectivity index (χ2v) is 6.92. The molecule has 144 valence electrons. The van der Waals surface area contributed by atoms with E-state index in [-0.39, 0.29) is 11.8 Å². The second-order valence-electron chi connectivity index (χ2n) is 6.92. The third-order valence-electron chi connectivity index (χ3n) is 4.98. The molecule has 27 heavy (non-hydrogen) atoms. The Balaban J connectivity index is 1.62. The summed E-state index contributed by atoms with van der Waals surface area (Å²) in [7, 11) is 0. The standard InChI is InChI=1S/C20H22F3N3O/c21-20(22,23)17-6-2-1-5-15(17)8-7-14-4-3-11-26(13-14)19(27)16-9-10-18(24)25-12-16/h1-2,5-6,9-10,12,14H,3-4,7-8,11,13H2,(H2,24,25)/t14-/m1/s1. The van der Waals surface area contributed by atoms with E-state index in [0.29, 0.717) is 42.9 Å². The molecule has 0 spiro atoms. The molecule has 1 aliphatic rings. The number of amides is 1. The third kappa shape index (κ3) is 4.78. The summed E-state index contributed by atoms with van der Waals surface area (Å²) in [5.41, 5.74) is 5.78. The number of hydrogen-bond acceptors (Lipinski definition) is 3. The Morgan fingerprint density at radius 1 is 1.22 bits per heavy atom. The molecular formula is C20H22F3N3O. The van der Waals surface area contributed by atoms with Gasteiger partial charge in [-0.2, -0.15) is 13.2 Å². The highest BCUT2D eigenvalue weighted by Gasteiger charge is 2.33.